The average Bonchev–Trinajstić information content (AvgIpc) is 2.73. The van der Waals surface area contributed by atoms with E-state index in [0.717, 1.165) is 10.2 Å². The topological polar surface area (TPSA) is 9.23 Å². The highest BCUT2D eigenvalue weighted by Gasteiger charge is 2.35. The Labute approximate surface area is 139 Å². The zero-order chi connectivity index (χ0) is 15.5. The number of rotatable bonds is 1. The number of hydrogen-bond acceptors (Lipinski definition) is 1. The van der Waals surface area contributed by atoms with Gasteiger partial charge in [-0.3, -0.25) is 0 Å². The Morgan fingerprint density at radius 3 is 2.36 bits per heavy atom. The third kappa shape index (κ3) is 1.83. The molecule has 0 amide bonds. The molecule has 22 heavy (non-hydrogen) atoms. The molecule has 0 radical (unpaired) electrons. The Hall–Kier alpha value is -1.80. The van der Waals surface area contributed by atoms with Crippen molar-refractivity contribution in [1.29, 1.82) is 0 Å². The van der Waals surface area contributed by atoms with Gasteiger partial charge < -0.3 is 4.74 Å². The van der Waals surface area contributed by atoms with Gasteiger partial charge in [0.2, 0.25) is 0 Å². The number of benzene rings is 3. The predicted molar refractivity (Wildman–Crippen MR) is 95.8 cm³/mol. The largest absolute Gasteiger partial charge is 0.497 e. The first-order valence-electron chi connectivity index (χ1n) is 7.43. The minimum atomic E-state index is -0.00425. The maximum atomic E-state index is 5.42. The third-order valence-corrected chi connectivity index (χ3v) is 5.30. The molecular formula is C20H17BrO. The molecule has 0 heterocycles. The first-order chi connectivity index (χ1) is 10.5. The minimum absolute atomic E-state index is 0.00425. The lowest BCUT2D eigenvalue weighted by Crippen LogP contribution is -2.15. The predicted octanol–water partition coefficient (Wildman–Crippen LogP) is 5.92. The van der Waals surface area contributed by atoms with Crippen molar-refractivity contribution >= 4 is 26.7 Å². The van der Waals surface area contributed by atoms with Crippen molar-refractivity contribution in [2.24, 2.45) is 0 Å². The number of ether oxygens (including phenoxy) is 1. The van der Waals surface area contributed by atoms with Crippen LogP contribution in [-0.4, -0.2) is 7.11 Å². The van der Waals surface area contributed by atoms with Crippen LogP contribution in [0.5, 0.6) is 5.75 Å². The van der Waals surface area contributed by atoms with E-state index in [1.807, 2.05) is 0 Å². The summed E-state index contributed by atoms with van der Waals surface area (Å²) in [6.45, 7) is 4.59. The summed E-state index contributed by atoms with van der Waals surface area (Å²) < 4.78 is 6.54. The Morgan fingerprint density at radius 1 is 0.818 bits per heavy atom. The van der Waals surface area contributed by atoms with Gasteiger partial charge in [-0.05, 0) is 69.4 Å². The molecule has 0 atom stereocenters. The summed E-state index contributed by atoms with van der Waals surface area (Å²) in [5, 5.41) is 2.56. The molecule has 0 saturated carbocycles. The van der Waals surface area contributed by atoms with E-state index in [4.69, 9.17) is 4.74 Å². The highest BCUT2D eigenvalue weighted by atomic mass is 79.9. The van der Waals surface area contributed by atoms with Gasteiger partial charge in [0.05, 0.1) is 7.11 Å². The third-order valence-electron chi connectivity index (χ3n) is 4.80. The molecule has 3 aromatic carbocycles. The Bertz CT molecular complexity index is 909. The summed E-state index contributed by atoms with van der Waals surface area (Å²) in [5.41, 5.74) is 5.40. The number of methoxy groups -OCH3 is 1. The van der Waals surface area contributed by atoms with E-state index in [1.165, 1.54) is 33.0 Å². The van der Waals surface area contributed by atoms with Gasteiger partial charge in [-0.15, -0.1) is 0 Å². The molecule has 4 rings (SSSR count). The van der Waals surface area contributed by atoms with Gasteiger partial charge >= 0.3 is 0 Å². The average molecular weight is 353 g/mol. The van der Waals surface area contributed by atoms with Crippen LogP contribution < -0.4 is 4.74 Å². The molecule has 0 N–H and O–H groups in total. The zero-order valence-corrected chi connectivity index (χ0v) is 14.5. The Balaban J connectivity index is 2.05. The number of hydrogen-bond donors (Lipinski definition) is 0. The van der Waals surface area contributed by atoms with Crippen LogP contribution in [-0.2, 0) is 5.41 Å². The number of fused-ring (bicyclic) bond motifs is 4. The normalized spacial score (nSPS) is 14.7. The van der Waals surface area contributed by atoms with Crippen LogP contribution in [0.3, 0.4) is 0 Å². The lowest BCUT2D eigenvalue weighted by molar-refractivity contribution is 0.413. The smallest absolute Gasteiger partial charge is 0.119 e. The van der Waals surface area contributed by atoms with E-state index >= 15 is 0 Å². The molecular weight excluding hydrogens is 336 g/mol. The summed E-state index contributed by atoms with van der Waals surface area (Å²) in [6, 6.07) is 17.5. The second-order valence-corrected chi connectivity index (χ2v) is 7.34. The van der Waals surface area contributed by atoms with E-state index in [0.29, 0.717) is 0 Å². The van der Waals surface area contributed by atoms with Gasteiger partial charge in [0, 0.05) is 9.89 Å². The van der Waals surface area contributed by atoms with Crippen LogP contribution >= 0.6 is 15.9 Å². The van der Waals surface area contributed by atoms with E-state index in [1.54, 1.807) is 7.11 Å². The molecule has 0 aliphatic heterocycles. The monoisotopic (exact) mass is 352 g/mol. The van der Waals surface area contributed by atoms with Crippen molar-refractivity contribution in [2.45, 2.75) is 19.3 Å². The van der Waals surface area contributed by atoms with E-state index in [9.17, 15) is 0 Å². The standard InChI is InChI=1S/C20H17BrO/c1-20(2)18-10-13-8-14(21)5-4-12(13)9-17(18)16-7-6-15(22-3)11-19(16)20/h4-11H,1-3H3. The second-order valence-electron chi connectivity index (χ2n) is 6.43. The SMILES string of the molecule is COc1ccc2c(c1)C(C)(C)c1cc3cc(Br)ccc3cc1-2. The van der Waals surface area contributed by atoms with E-state index < -0.39 is 0 Å². The van der Waals surface area contributed by atoms with Crippen LogP contribution in [0.4, 0.5) is 0 Å². The minimum Gasteiger partial charge on any atom is -0.497 e. The molecule has 3 aromatic rings. The fraction of sp³-hybridized carbons (Fsp3) is 0.200. The van der Waals surface area contributed by atoms with Crippen molar-refractivity contribution in [3.05, 3.63) is 64.1 Å². The molecule has 2 heteroatoms. The second kappa shape index (κ2) is 4.60. The van der Waals surface area contributed by atoms with E-state index in [-0.39, 0.29) is 5.41 Å². The Morgan fingerprint density at radius 2 is 1.59 bits per heavy atom. The quantitative estimate of drug-likeness (QED) is 0.528. The lowest BCUT2D eigenvalue weighted by Gasteiger charge is -2.22. The molecule has 110 valence electrons. The highest BCUT2D eigenvalue weighted by molar-refractivity contribution is 9.10. The first-order valence-corrected chi connectivity index (χ1v) is 8.23. The van der Waals surface area contributed by atoms with Gasteiger partial charge in [-0.1, -0.05) is 41.9 Å². The molecule has 0 unspecified atom stereocenters. The fourth-order valence-electron chi connectivity index (χ4n) is 3.56. The van der Waals surface area contributed by atoms with Gasteiger partial charge in [-0.25, -0.2) is 0 Å². The highest BCUT2D eigenvalue weighted by Crippen LogP contribution is 2.50. The van der Waals surface area contributed by atoms with Gasteiger partial charge in [0.15, 0.2) is 0 Å². The summed E-state index contributed by atoms with van der Waals surface area (Å²) in [4.78, 5) is 0. The molecule has 0 aromatic heterocycles. The fourth-order valence-corrected chi connectivity index (χ4v) is 3.93. The van der Waals surface area contributed by atoms with Crippen LogP contribution in [0.1, 0.15) is 25.0 Å². The summed E-state index contributed by atoms with van der Waals surface area (Å²) in [6.07, 6.45) is 0. The van der Waals surface area contributed by atoms with E-state index in [2.05, 4.69) is 78.3 Å². The van der Waals surface area contributed by atoms with Crippen molar-refractivity contribution in [1.82, 2.24) is 0 Å². The molecule has 1 nitrogen and oxygen atoms in total. The molecule has 0 saturated heterocycles. The van der Waals surface area contributed by atoms with Gasteiger partial charge in [0.1, 0.15) is 5.75 Å². The Kier molecular flexibility index (Phi) is 2.89. The van der Waals surface area contributed by atoms with Crippen LogP contribution in [0.25, 0.3) is 21.9 Å². The van der Waals surface area contributed by atoms with Crippen LogP contribution in [0, 0.1) is 0 Å². The maximum absolute atomic E-state index is 5.42. The number of halogens is 1. The van der Waals surface area contributed by atoms with Gasteiger partial charge in [-0.2, -0.15) is 0 Å². The first kappa shape index (κ1) is 13.8. The molecule has 0 spiro atoms. The molecule has 0 bridgehead atoms. The maximum Gasteiger partial charge on any atom is 0.119 e. The van der Waals surface area contributed by atoms with Crippen molar-refractivity contribution in [2.75, 3.05) is 7.11 Å². The molecule has 1 aliphatic rings. The summed E-state index contributed by atoms with van der Waals surface area (Å²) in [5.74, 6) is 0.923. The van der Waals surface area contributed by atoms with Crippen molar-refractivity contribution < 1.29 is 4.74 Å². The molecule has 1 aliphatic carbocycles. The van der Waals surface area contributed by atoms with Crippen LogP contribution in [0.15, 0.2) is 53.0 Å². The van der Waals surface area contributed by atoms with Gasteiger partial charge in [0.25, 0.3) is 0 Å². The molecule has 0 fully saturated rings. The van der Waals surface area contributed by atoms with Crippen molar-refractivity contribution in [3.8, 4) is 16.9 Å². The summed E-state index contributed by atoms with van der Waals surface area (Å²) >= 11 is 3.57. The summed E-state index contributed by atoms with van der Waals surface area (Å²) in [7, 11) is 1.72. The van der Waals surface area contributed by atoms with Crippen LogP contribution in [0.2, 0.25) is 0 Å². The zero-order valence-electron chi connectivity index (χ0n) is 12.9. The lowest BCUT2D eigenvalue weighted by atomic mass is 9.82. The van der Waals surface area contributed by atoms with Crippen molar-refractivity contribution in [3.63, 3.8) is 0 Å².